The molecular formula is C20H18FN3O. The first-order valence-corrected chi connectivity index (χ1v) is 8.37. The topological polar surface area (TPSA) is 36.4 Å². The van der Waals surface area contributed by atoms with Gasteiger partial charge in [-0.1, -0.05) is 30.3 Å². The van der Waals surface area contributed by atoms with E-state index in [4.69, 9.17) is 4.98 Å². The van der Waals surface area contributed by atoms with Crippen LogP contribution in [0.1, 0.15) is 10.4 Å². The fourth-order valence-corrected chi connectivity index (χ4v) is 3.18. The molecule has 0 saturated carbocycles. The highest BCUT2D eigenvalue weighted by molar-refractivity contribution is 5.94. The lowest BCUT2D eigenvalue weighted by molar-refractivity contribution is 0.0742. The summed E-state index contributed by atoms with van der Waals surface area (Å²) in [5.74, 6) is 0.201. The maximum absolute atomic E-state index is 13.8. The maximum atomic E-state index is 13.8. The van der Waals surface area contributed by atoms with E-state index in [0.29, 0.717) is 26.2 Å². The Bertz CT molecular complexity index is 919. The molecule has 25 heavy (non-hydrogen) atoms. The number of hydrogen-bond donors (Lipinski definition) is 0. The molecule has 0 aliphatic carbocycles. The molecule has 0 radical (unpaired) electrons. The zero-order valence-corrected chi connectivity index (χ0v) is 13.7. The van der Waals surface area contributed by atoms with Gasteiger partial charge >= 0.3 is 0 Å². The highest BCUT2D eigenvalue weighted by Crippen LogP contribution is 2.20. The molecular weight excluding hydrogens is 317 g/mol. The van der Waals surface area contributed by atoms with Gasteiger partial charge in [0.05, 0.1) is 11.1 Å². The van der Waals surface area contributed by atoms with Crippen LogP contribution < -0.4 is 4.90 Å². The van der Waals surface area contributed by atoms with Crippen molar-refractivity contribution in [3.05, 3.63) is 72.0 Å². The molecule has 1 fully saturated rings. The molecule has 2 heterocycles. The summed E-state index contributed by atoms with van der Waals surface area (Å²) in [5, 5.41) is 1.11. The fourth-order valence-electron chi connectivity index (χ4n) is 3.18. The number of nitrogens with zero attached hydrogens (tertiary/aromatic N) is 3. The SMILES string of the molecule is O=C(c1ccccc1F)N1CCN(c2ccc3ccccc3n2)CC1. The quantitative estimate of drug-likeness (QED) is 0.721. The van der Waals surface area contributed by atoms with Gasteiger partial charge in [0.25, 0.3) is 5.91 Å². The lowest BCUT2D eigenvalue weighted by Gasteiger charge is -2.35. The summed E-state index contributed by atoms with van der Waals surface area (Å²) in [6.07, 6.45) is 0. The van der Waals surface area contributed by atoms with E-state index in [9.17, 15) is 9.18 Å². The smallest absolute Gasteiger partial charge is 0.256 e. The number of carbonyl (C=O) groups excluding carboxylic acids is 1. The number of pyridine rings is 1. The van der Waals surface area contributed by atoms with Crippen LogP contribution in [0.5, 0.6) is 0 Å². The Hall–Kier alpha value is -2.95. The van der Waals surface area contributed by atoms with E-state index in [1.165, 1.54) is 12.1 Å². The molecule has 1 aromatic heterocycles. The summed E-state index contributed by atoms with van der Waals surface area (Å²) < 4.78 is 13.8. The van der Waals surface area contributed by atoms with Crippen molar-refractivity contribution in [3.8, 4) is 0 Å². The minimum absolute atomic E-state index is 0.139. The van der Waals surface area contributed by atoms with E-state index >= 15 is 0 Å². The number of anilines is 1. The Balaban J connectivity index is 1.47. The number of fused-ring (bicyclic) bond motifs is 1. The molecule has 2 aromatic carbocycles. The van der Waals surface area contributed by atoms with Gasteiger partial charge < -0.3 is 9.80 Å². The summed E-state index contributed by atoms with van der Waals surface area (Å²) in [6.45, 7) is 2.49. The van der Waals surface area contributed by atoms with Gasteiger partial charge in [-0.3, -0.25) is 4.79 Å². The molecule has 5 heteroatoms. The second kappa shape index (κ2) is 6.51. The van der Waals surface area contributed by atoms with Crippen LogP contribution >= 0.6 is 0 Å². The number of piperazine rings is 1. The van der Waals surface area contributed by atoms with Gasteiger partial charge in [-0.05, 0) is 30.3 Å². The molecule has 1 aliphatic heterocycles. The van der Waals surface area contributed by atoms with Crippen molar-refractivity contribution in [2.45, 2.75) is 0 Å². The van der Waals surface area contributed by atoms with Crippen molar-refractivity contribution in [2.75, 3.05) is 31.1 Å². The molecule has 4 nitrogen and oxygen atoms in total. The molecule has 1 amide bonds. The number of para-hydroxylation sites is 1. The first-order valence-electron chi connectivity index (χ1n) is 8.37. The molecule has 0 bridgehead atoms. The third-order valence-corrected chi connectivity index (χ3v) is 4.58. The minimum atomic E-state index is -0.467. The standard InChI is InChI=1S/C20H18FN3O/c21-17-7-3-2-6-16(17)20(25)24-13-11-23(12-14-24)19-10-9-15-5-1-4-8-18(15)22-19/h1-10H,11-14H2. The van der Waals surface area contributed by atoms with Crippen LogP contribution in [0.4, 0.5) is 10.2 Å². The Morgan fingerprint density at radius 3 is 2.40 bits per heavy atom. The van der Waals surface area contributed by atoms with Crippen LogP contribution in [0, 0.1) is 5.82 Å². The molecule has 3 aromatic rings. The number of carbonyl (C=O) groups is 1. The predicted octanol–water partition coefficient (Wildman–Crippen LogP) is 3.34. The van der Waals surface area contributed by atoms with Crippen LogP contribution in [0.3, 0.4) is 0 Å². The molecule has 1 saturated heterocycles. The zero-order chi connectivity index (χ0) is 17.2. The summed E-state index contributed by atoms with van der Waals surface area (Å²) in [6, 6.07) is 18.2. The predicted molar refractivity (Wildman–Crippen MR) is 96.3 cm³/mol. The second-order valence-corrected chi connectivity index (χ2v) is 6.12. The Kier molecular flexibility index (Phi) is 4.06. The lowest BCUT2D eigenvalue weighted by Crippen LogP contribution is -2.49. The second-order valence-electron chi connectivity index (χ2n) is 6.12. The summed E-state index contributed by atoms with van der Waals surface area (Å²) >= 11 is 0. The molecule has 0 atom stereocenters. The van der Waals surface area contributed by atoms with Crippen molar-refractivity contribution in [1.29, 1.82) is 0 Å². The van der Waals surface area contributed by atoms with Gasteiger partial charge in [0, 0.05) is 31.6 Å². The van der Waals surface area contributed by atoms with Crippen molar-refractivity contribution in [1.82, 2.24) is 9.88 Å². The zero-order valence-electron chi connectivity index (χ0n) is 13.7. The van der Waals surface area contributed by atoms with Crippen LogP contribution in [0.2, 0.25) is 0 Å². The van der Waals surface area contributed by atoms with E-state index in [-0.39, 0.29) is 11.5 Å². The van der Waals surface area contributed by atoms with Gasteiger partial charge in [-0.15, -0.1) is 0 Å². The molecule has 4 rings (SSSR count). The lowest BCUT2D eigenvalue weighted by atomic mass is 10.1. The molecule has 1 aliphatic rings. The normalized spacial score (nSPS) is 14.8. The first-order chi connectivity index (χ1) is 12.2. The van der Waals surface area contributed by atoms with Gasteiger partial charge in [-0.2, -0.15) is 0 Å². The van der Waals surface area contributed by atoms with Crippen molar-refractivity contribution < 1.29 is 9.18 Å². The van der Waals surface area contributed by atoms with E-state index < -0.39 is 5.82 Å². The third-order valence-electron chi connectivity index (χ3n) is 4.58. The fraction of sp³-hybridized carbons (Fsp3) is 0.200. The van der Waals surface area contributed by atoms with Crippen molar-refractivity contribution in [3.63, 3.8) is 0 Å². The summed E-state index contributed by atoms with van der Waals surface area (Å²) in [4.78, 5) is 21.1. The van der Waals surface area contributed by atoms with Gasteiger partial charge in [-0.25, -0.2) is 9.37 Å². The third kappa shape index (κ3) is 3.05. The average molecular weight is 335 g/mol. The van der Waals surface area contributed by atoms with Crippen LogP contribution in [0.25, 0.3) is 10.9 Å². The first kappa shape index (κ1) is 15.6. The van der Waals surface area contributed by atoms with Crippen molar-refractivity contribution >= 4 is 22.6 Å². The van der Waals surface area contributed by atoms with Gasteiger partial charge in [0.15, 0.2) is 0 Å². The van der Waals surface area contributed by atoms with Crippen LogP contribution in [-0.2, 0) is 0 Å². The summed E-state index contributed by atoms with van der Waals surface area (Å²) in [7, 11) is 0. The van der Waals surface area contributed by atoms with Crippen molar-refractivity contribution in [2.24, 2.45) is 0 Å². The molecule has 0 spiro atoms. The number of amides is 1. The monoisotopic (exact) mass is 335 g/mol. The van der Waals surface area contributed by atoms with Gasteiger partial charge in [0.2, 0.25) is 0 Å². The number of halogens is 1. The number of hydrogen-bond acceptors (Lipinski definition) is 3. The minimum Gasteiger partial charge on any atom is -0.353 e. The largest absolute Gasteiger partial charge is 0.353 e. The Labute approximate surface area is 145 Å². The van der Waals surface area contributed by atoms with Crippen LogP contribution in [0.15, 0.2) is 60.7 Å². The van der Waals surface area contributed by atoms with E-state index in [2.05, 4.69) is 11.0 Å². The van der Waals surface area contributed by atoms with E-state index in [0.717, 1.165) is 16.7 Å². The number of benzene rings is 2. The number of rotatable bonds is 2. The molecule has 126 valence electrons. The van der Waals surface area contributed by atoms with E-state index in [1.54, 1.807) is 17.0 Å². The van der Waals surface area contributed by atoms with E-state index in [1.807, 2.05) is 30.3 Å². The number of aromatic nitrogens is 1. The summed E-state index contributed by atoms with van der Waals surface area (Å²) in [5.41, 5.74) is 1.10. The highest BCUT2D eigenvalue weighted by Gasteiger charge is 2.24. The highest BCUT2D eigenvalue weighted by atomic mass is 19.1. The molecule has 0 N–H and O–H groups in total. The molecule has 0 unspecified atom stereocenters. The Morgan fingerprint density at radius 1 is 0.880 bits per heavy atom. The Morgan fingerprint density at radius 2 is 1.60 bits per heavy atom. The average Bonchev–Trinajstić information content (AvgIpc) is 2.67. The van der Waals surface area contributed by atoms with Crippen LogP contribution in [-0.4, -0.2) is 42.0 Å². The van der Waals surface area contributed by atoms with Gasteiger partial charge in [0.1, 0.15) is 11.6 Å². The maximum Gasteiger partial charge on any atom is 0.256 e.